The fraction of sp³-hybridized carbons (Fsp3) is 0.833. The lowest BCUT2D eigenvalue weighted by atomic mass is 9.92. The zero-order valence-corrected chi connectivity index (χ0v) is 6.20. The first-order valence-corrected chi connectivity index (χ1v) is 3.91. The van der Waals surface area contributed by atoms with Crippen molar-refractivity contribution >= 4 is 16.9 Å². The predicted octanol–water partition coefficient (Wildman–Crippen LogP) is 0.648. The van der Waals surface area contributed by atoms with Crippen LogP contribution in [0.2, 0.25) is 0 Å². The third-order valence-electron chi connectivity index (χ3n) is 1.53. The SMILES string of the molecule is CC1(CO)CSC(=O)C1. The van der Waals surface area contributed by atoms with Gasteiger partial charge in [-0.15, -0.1) is 0 Å². The Labute approximate surface area is 58.6 Å². The zero-order valence-electron chi connectivity index (χ0n) is 5.39. The molecule has 3 heteroatoms. The zero-order chi connectivity index (χ0) is 6.91. The molecule has 1 aliphatic rings. The van der Waals surface area contributed by atoms with Gasteiger partial charge in [0.25, 0.3) is 0 Å². The van der Waals surface area contributed by atoms with E-state index in [4.69, 9.17) is 5.11 Å². The Kier molecular flexibility index (Phi) is 1.82. The van der Waals surface area contributed by atoms with Gasteiger partial charge in [0.05, 0.1) is 0 Å². The third kappa shape index (κ3) is 1.46. The van der Waals surface area contributed by atoms with E-state index in [1.54, 1.807) is 0 Å². The largest absolute Gasteiger partial charge is 0.396 e. The monoisotopic (exact) mass is 146 g/mol. The molecule has 0 aromatic rings. The fourth-order valence-electron chi connectivity index (χ4n) is 0.807. The van der Waals surface area contributed by atoms with Crippen LogP contribution in [0.3, 0.4) is 0 Å². The van der Waals surface area contributed by atoms with Gasteiger partial charge in [-0.05, 0) is 0 Å². The molecule has 2 nitrogen and oxygen atoms in total. The Morgan fingerprint density at radius 3 is 2.78 bits per heavy atom. The highest BCUT2D eigenvalue weighted by atomic mass is 32.2. The first kappa shape index (κ1) is 7.09. The van der Waals surface area contributed by atoms with E-state index in [1.807, 2.05) is 6.92 Å². The summed E-state index contributed by atoms with van der Waals surface area (Å²) >= 11 is 1.33. The maximum Gasteiger partial charge on any atom is 0.189 e. The highest BCUT2D eigenvalue weighted by Gasteiger charge is 2.33. The van der Waals surface area contributed by atoms with Gasteiger partial charge < -0.3 is 5.11 Å². The molecular formula is C6H10O2S. The molecule has 1 unspecified atom stereocenters. The molecule has 1 aliphatic heterocycles. The van der Waals surface area contributed by atoms with Gasteiger partial charge in [0.1, 0.15) is 0 Å². The van der Waals surface area contributed by atoms with E-state index in [9.17, 15) is 4.79 Å². The van der Waals surface area contributed by atoms with Crippen molar-refractivity contribution in [1.29, 1.82) is 0 Å². The third-order valence-corrected chi connectivity index (χ3v) is 2.84. The van der Waals surface area contributed by atoms with E-state index < -0.39 is 0 Å². The highest BCUT2D eigenvalue weighted by molar-refractivity contribution is 8.14. The summed E-state index contributed by atoms with van der Waals surface area (Å²) in [6.07, 6.45) is 0.536. The van der Waals surface area contributed by atoms with Gasteiger partial charge >= 0.3 is 0 Å². The van der Waals surface area contributed by atoms with Gasteiger partial charge in [0.2, 0.25) is 0 Å². The van der Waals surface area contributed by atoms with E-state index in [2.05, 4.69) is 0 Å². The van der Waals surface area contributed by atoms with Crippen molar-refractivity contribution in [2.45, 2.75) is 13.3 Å². The van der Waals surface area contributed by atoms with Crippen LogP contribution >= 0.6 is 11.8 Å². The molecule has 1 heterocycles. The summed E-state index contributed by atoms with van der Waals surface area (Å²) in [5.74, 6) is 0.780. The van der Waals surface area contributed by atoms with Gasteiger partial charge in [0, 0.05) is 24.2 Å². The number of carbonyl (C=O) groups is 1. The number of rotatable bonds is 1. The Morgan fingerprint density at radius 1 is 1.89 bits per heavy atom. The second kappa shape index (κ2) is 2.31. The normalized spacial score (nSPS) is 35.6. The lowest BCUT2D eigenvalue weighted by molar-refractivity contribution is -0.112. The number of aliphatic hydroxyl groups excluding tert-OH is 1. The number of thioether (sulfide) groups is 1. The van der Waals surface area contributed by atoms with Gasteiger partial charge in [-0.25, -0.2) is 0 Å². The molecule has 1 N–H and O–H groups in total. The first-order valence-electron chi connectivity index (χ1n) is 2.93. The molecule has 9 heavy (non-hydrogen) atoms. The van der Waals surface area contributed by atoms with Crippen LogP contribution in [0, 0.1) is 5.41 Å². The quantitative estimate of drug-likeness (QED) is 0.590. The lowest BCUT2D eigenvalue weighted by Gasteiger charge is -2.16. The first-order chi connectivity index (χ1) is 4.16. The van der Waals surface area contributed by atoms with Crippen molar-refractivity contribution in [3.05, 3.63) is 0 Å². The minimum Gasteiger partial charge on any atom is -0.396 e. The van der Waals surface area contributed by atoms with E-state index in [0.717, 1.165) is 5.75 Å². The minimum atomic E-state index is -0.123. The molecule has 0 aliphatic carbocycles. The molecule has 0 aromatic carbocycles. The smallest absolute Gasteiger partial charge is 0.189 e. The van der Waals surface area contributed by atoms with E-state index in [0.29, 0.717) is 6.42 Å². The van der Waals surface area contributed by atoms with Crippen LogP contribution in [0.4, 0.5) is 0 Å². The number of hydrogen-bond donors (Lipinski definition) is 1. The molecule has 52 valence electrons. The van der Waals surface area contributed by atoms with Crippen molar-refractivity contribution in [2.24, 2.45) is 5.41 Å². The van der Waals surface area contributed by atoms with Gasteiger partial charge in [-0.1, -0.05) is 18.7 Å². The van der Waals surface area contributed by atoms with E-state index >= 15 is 0 Å². The molecule has 1 fully saturated rings. The van der Waals surface area contributed by atoms with Crippen LogP contribution in [0.5, 0.6) is 0 Å². The Morgan fingerprint density at radius 2 is 2.56 bits per heavy atom. The summed E-state index contributed by atoms with van der Waals surface area (Å²) in [5.41, 5.74) is -0.123. The summed E-state index contributed by atoms with van der Waals surface area (Å²) < 4.78 is 0. The second-order valence-electron chi connectivity index (χ2n) is 2.81. The summed E-state index contributed by atoms with van der Waals surface area (Å²) in [6.45, 7) is 2.07. The molecule has 0 aromatic heterocycles. The molecule has 1 saturated heterocycles. The van der Waals surface area contributed by atoms with E-state index in [1.165, 1.54) is 11.8 Å². The van der Waals surface area contributed by atoms with Crippen molar-refractivity contribution in [2.75, 3.05) is 12.4 Å². The van der Waals surface area contributed by atoms with E-state index in [-0.39, 0.29) is 17.1 Å². The van der Waals surface area contributed by atoms with Crippen molar-refractivity contribution in [1.82, 2.24) is 0 Å². The van der Waals surface area contributed by atoms with Crippen LogP contribution in [0.15, 0.2) is 0 Å². The maximum absolute atomic E-state index is 10.7. The average Bonchev–Trinajstić information content (AvgIpc) is 2.13. The van der Waals surface area contributed by atoms with Crippen LogP contribution in [0.25, 0.3) is 0 Å². The highest BCUT2D eigenvalue weighted by Crippen LogP contribution is 2.35. The summed E-state index contributed by atoms with van der Waals surface area (Å²) in [4.78, 5) is 10.7. The molecule has 0 spiro atoms. The average molecular weight is 146 g/mol. The van der Waals surface area contributed by atoms with Gasteiger partial charge in [0.15, 0.2) is 5.12 Å². The lowest BCUT2D eigenvalue weighted by Crippen LogP contribution is -2.20. The molecule has 0 radical (unpaired) electrons. The van der Waals surface area contributed by atoms with Crippen LogP contribution < -0.4 is 0 Å². The standard InChI is InChI=1S/C6H10O2S/c1-6(3-7)2-5(8)9-4-6/h7H,2-4H2,1H3. The molecule has 0 amide bonds. The van der Waals surface area contributed by atoms with Crippen LogP contribution in [-0.2, 0) is 4.79 Å². The molecule has 0 saturated carbocycles. The number of hydrogen-bond acceptors (Lipinski definition) is 3. The summed E-state index contributed by atoms with van der Waals surface area (Å²) in [7, 11) is 0. The molecule has 0 bridgehead atoms. The van der Waals surface area contributed by atoms with Crippen molar-refractivity contribution < 1.29 is 9.90 Å². The Balaban J connectivity index is 2.54. The molecular weight excluding hydrogens is 136 g/mol. The van der Waals surface area contributed by atoms with Gasteiger partial charge in [-0.3, -0.25) is 4.79 Å². The number of carbonyl (C=O) groups excluding carboxylic acids is 1. The predicted molar refractivity (Wildman–Crippen MR) is 37.3 cm³/mol. The summed E-state index contributed by atoms with van der Waals surface area (Å²) in [6, 6.07) is 0. The van der Waals surface area contributed by atoms with Crippen LogP contribution in [0.1, 0.15) is 13.3 Å². The van der Waals surface area contributed by atoms with Gasteiger partial charge in [-0.2, -0.15) is 0 Å². The molecule has 1 rings (SSSR count). The Bertz CT molecular complexity index is 135. The van der Waals surface area contributed by atoms with Crippen molar-refractivity contribution in [3.63, 3.8) is 0 Å². The second-order valence-corrected chi connectivity index (χ2v) is 3.84. The van der Waals surface area contributed by atoms with Crippen molar-refractivity contribution in [3.8, 4) is 0 Å². The summed E-state index contributed by atoms with van der Waals surface area (Å²) in [5, 5.41) is 8.99. The number of aliphatic hydroxyl groups is 1. The minimum absolute atomic E-state index is 0.123. The van der Waals surface area contributed by atoms with Crippen LogP contribution in [-0.4, -0.2) is 22.6 Å². The molecule has 1 atom stereocenters. The maximum atomic E-state index is 10.7. The topological polar surface area (TPSA) is 37.3 Å². The Hall–Kier alpha value is -0.0200. The fourth-order valence-corrected chi connectivity index (χ4v) is 1.96.